The number of fused-ring (bicyclic) bond motifs is 2. The maximum Gasteiger partial charge on any atom is 0.416 e. The molecule has 4 aromatic carbocycles. The zero-order valence-electron chi connectivity index (χ0n) is 48.2. The van der Waals surface area contributed by atoms with Gasteiger partial charge < -0.3 is 45.5 Å². The first-order valence-corrected chi connectivity index (χ1v) is 29.0. The molecule has 4 atom stereocenters. The highest BCUT2D eigenvalue weighted by molar-refractivity contribution is 6.40. The number of halogens is 4. The first-order chi connectivity index (χ1) is 39.7. The van der Waals surface area contributed by atoms with Crippen molar-refractivity contribution >= 4 is 87.9 Å². The molecule has 6 aromatic rings. The van der Waals surface area contributed by atoms with Gasteiger partial charge in [0.1, 0.15) is 46.4 Å². The second kappa shape index (κ2) is 30.1. The molecule has 2 aromatic heterocycles. The number of aliphatic hydroxyl groups excluding tert-OH is 1. The summed E-state index contributed by atoms with van der Waals surface area (Å²) in [7, 11) is 0. The molecule has 0 spiro atoms. The predicted octanol–water partition coefficient (Wildman–Crippen LogP) is 12.3. The third kappa shape index (κ3) is 19.7. The maximum absolute atomic E-state index is 12.7. The number of rotatable bonds is 16. The number of benzene rings is 4. The van der Waals surface area contributed by atoms with Crippen molar-refractivity contribution in [2.24, 2.45) is 0 Å². The van der Waals surface area contributed by atoms with Crippen molar-refractivity contribution in [3.63, 3.8) is 0 Å². The molecule has 84 heavy (non-hydrogen) atoms. The number of aromatic hydroxyl groups is 1. The monoisotopic (exact) mass is 1230 g/mol. The number of aryl methyl sites for hydroxylation is 2. The number of nitrogens with one attached hydrogen (secondary N) is 3. The van der Waals surface area contributed by atoms with Crippen molar-refractivity contribution in [2.45, 2.75) is 142 Å². The molecule has 0 fully saturated rings. The van der Waals surface area contributed by atoms with Crippen LogP contribution in [0.25, 0.3) is 0 Å². The quantitative estimate of drug-likeness (QED) is 0.0494. The van der Waals surface area contributed by atoms with Gasteiger partial charge >= 0.3 is 18.0 Å². The first kappa shape index (κ1) is 66.0. The topological polar surface area (TPSA) is 239 Å². The highest BCUT2D eigenvalue weighted by atomic mass is 35.5. The standard InChI is InChI=1S/C27H27Cl2N3O4.C20H21Cl2NO4.C16H24N2O3/c1-16-5-8-18-9-10-19(31-25(18)30-16)13-14-36-20-11-6-17(7-12-20)15-23(27(34)35)32-26(33)24-21(28)3-2-4-22(24)29;1-20(2,3)27-19(26)16(11-12-7-9-13(24)10-8-12)23-18(25)17-14(21)5-4-6-15(17)22;1-11-5-6-12-7-8-13(9-10-19)17-14(12)18(11)15(20)21-16(2,3)4/h2-4,6-7,9-12,16,23H,5,8,13-15H2,1H3,(H,30,31)(H,32,33)(H,34,35);4-10,16,24H,11H2,1-3H3,(H,23,25);7-8,11,19H,5-6,9-10H2,1-4H3/t16?,23-;16-;/m00./s1. The van der Waals surface area contributed by atoms with Crippen molar-refractivity contribution in [2.75, 3.05) is 23.4 Å². The summed E-state index contributed by atoms with van der Waals surface area (Å²) in [5, 5.41) is 37.4. The Labute approximate surface area is 510 Å². The number of aromatic nitrogens is 2. The van der Waals surface area contributed by atoms with Gasteiger partial charge in [-0.2, -0.15) is 0 Å². The van der Waals surface area contributed by atoms with E-state index in [1.54, 1.807) is 86.3 Å². The molecule has 448 valence electrons. The van der Waals surface area contributed by atoms with Crippen LogP contribution in [-0.2, 0) is 57.6 Å². The lowest BCUT2D eigenvalue weighted by atomic mass is 9.99. The number of aliphatic carboxylic acids is 1. The number of carbonyl (C=O) groups excluding carboxylic acids is 4. The highest BCUT2D eigenvalue weighted by Crippen LogP contribution is 2.32. The summed E-state index contributed by atoms with van der Waals surface area (Å²) < 4.78 is 16.8. The summed E-state index contributed by atoms with van der Waals surface area (Å²) in [6.07, 6.45) is 5.03. The molecule has 0 saturated heterocycles. The van der Waals surface area contributed by atoms with E-state index in [1.807, 2.05) is 45.9 Å². The number of ether oxygens (including phenoxy) is 3. The number of amides is 3. The van der Waals surface area contributed by atoms with Gasteiger partial charge in [0.2, 0.25) is 0 Å². The van der Waals surface area contributed by atoms with Crippen molar-refractivity contribution < 1.29 is 53.5 Å². The van der Waals surface area contributed by atoms with Gasteiger partial charge in [0, 0.05) is 55.8 Å². The zero-order valence-corrected chi connectivity index (χ0v) is 51.3. The van der Waals surface area contributed by atoms with Crippen LogP contribution < -0.4 is 25.6 Å². The van der Waals surface area contributed by atoms with E-state index in [4.69, 9.17) is 70.7 Å². The van der Waals surface area contributed by atoms with Gasteiger partial charge in [0.05, 0.1) is 37.8 Å². The molecule has 3 amide bonds. The third-order valence-corrected chi connectivity index (χ3v) is 14.3. The van der Waals surface area contributed by atoms with Crippen LogP contribution in [0.2, 0.25) is 20.1 Å². The number of nitrogens with zero attached hydrogens (tertiary/aromatic N) is 3. The van der Waals surface area contributed by atoms with Gasteiger partial charge in [0.15, 0.2) is 0 Å². The predicted molar refractivity (Wildman–Crippen MR) is 327 cm³/mol. The summed E-state index contributed by atoms with van der Waals surface area (Å²) in [6.45, 7) is 15.5. The average molecular weight is 1230 g/mol. The van der Waals surface area contributed by atoms with Gasteiger partial charge in [-0.15, -0.1) is 0 Å². The molecular formula is C63H72Cl4N6O11. The number of anilines is 2. The minimum absolute atomic E-state index is 0.0494. The van der Waals surface area contributed by atoms with E-state index in [2.05, 4.69) is 33.9 Å². The largest absolute Gasteiger partial charge is 0.508 e. The molecule has 0 bridgehead atoms. The van der Waals surface area contributed by atoms with E-state index in [-0.39, 0.29) is 68.6 Å². The van der Waals surface area contributed by atoms with E-state index in [0.29, 0.717) is 37.1 Å². The van der Waals surface area contributed by atoms with Crippen LogP contribution in [0.3, 0.4) is 0 Å². The fraction of sp³-hybridized carbons (Fsp3) is 0.381. The number of aliphatic hydroxyl groups is 1. The van der Waals surface area contributed by atoms with Gasteiger partial charge in [-0.3, -0.25) is 14.5 Å². The number of carboxylic acids is 1. The van der Waals surface area contributed by atoms with Crippen molar-refractivity contribution in [3.05, 3.63) is 174 Å². The van der Waals surface area contributed by atoms with E-state index in [1.165, 1.54) is 29.8 Å². The molecule has 17 nitrogen and oxygen atoms in total. The van der Waals surface area contributed by atoms with Crippen LogP contribution in [0.1, 0.15) is 123 Å². The summed E-state index contributed by atoms with van der Waals surface area (Å²) in [5.74, 6) is -0.526. The Hall–Kier alpha value is -7.15. The number of phenolic OH excluding ortho intramolecular Hbond substituents is 1. The Morgan fingerprint density at radius 2 is 1.15 bits per heavy atom. The summed E-state index contributed by atoms with van der Waals surface area (Å²) in [4.78, 5) is 73.1. The number of carbonyl (C=O) groups is 5. The van der Waals surface area contributed by atoms with Gasteiger partial charge in [0.25, 0.3) is 11.8 Å². The fourth-order valence-corrected chi connectivity index (χ4v) is 10.0. The average Bonchev–Trinajstić information content (AvgIpc) is 3.28. The number of carboxylic acid groups (broad SMARTS) is 1. The molecule has 2 aliphatic rings. The molecule has 0 aliphatic carbocycles. The number of esters is 1. The molecule has 0 radical (unpaired) electrons. The van der Waals surface area contributed by atoms with Crippen LogP contribution in [-0.4, -0.2) is 104 Å². The number of pyridine rings is 2. The molecule has 8 rings (SSSR count). The molecule has 21 heteroatoms. The molecule has 6 N–H and O–H groups in total. The maximum atomic E-state index is 12.7. The van der Waals surface area contributed by atoms with Crippen molar-refractivity contribution in [3.8, 4) is 11.5 Å². The zero-order chi connectivity index (χ0) is 61.5. The summed E-state index contributed by atoms with van der Waals surface area (Å²) in [6, 6.07) is 29.3. The van der Waals surface area contributed by atoms with Crippen molar-refractivity contribution in [1.82, 2.24) is 20.6 Å². The lowest BCUT2D eigenvalue weighted by Crippen LogP contribution is -2.45. The SMILES string of the molecule is CC(C)(C)OC(=O)[C@H](Cc1ccc(O)cc1)NC(=O)c1c(Cl)cccc1Cl.CC1CCc2ccc(CCO)nc2N1C(=O)OC(C)(C)C.CC1CCc2ccc(CCOc3ccc(C[C@H](NC(=O)c4c(Cl)cccc4Cl)C(=O)O)cc3)nc2N1. The fourth-order valence-electron chi connectivity index (χ4n) is 8.88. The smallest absolute Gasteiger partial charge is 0.416 e. The number of hydrogen-bond acceptors (Lipinski definition) is 13. The van der Waals surface area contributed by atoms with Crippen LogP contribution in [0, 0.1) is 0 Å². The van der Waals surface area contributed by atoms with E-state index in [0.717, 1.165) is 59.6 Å². The Balaban J connectivity index is 0.000000210. The minimum Gasteiger partial charge on any atom is -0.508 e. The highest BCUT2D eigenvalue weighted by Gasteiger charge is 2.34. The minimum atomic E-state index is -1.16. The number of hydrogen-bond donors (Lipinski definition) is 6. The number of phenols is 1. The van der Waals surface area contributed by atoms with Crippen LogP contribution in [0.5, 0.6) is 11.5 Å². The van der Waals surface area contributed by atoms with Crippen LogP contribution in [0.4, 0.5) is 16.4 Å². The second-order valence-corrected chi connectivity index (χ2v) is 24.0. The van der Waals surface area contributed by atoms with E-state index in [9.17, 15) is 34.2 Å². The summed E-state index contributed by atoms with van der Waals surface area (Å²) in [5.41, 5.74) is 4.44. The van der Waals surface area contributed by atoms with Gasteiger partial charge in [-0.05, 0) is 164 Å². The van der Waals surface area contributed by atoms with Crippen molar-refractivity contribution in [1.29, 1.82) is 0 Å². The first-order valence-electron chi connectivity index (χ1n) is 27.5. The van der Waals surface area contributed by atoms with E-state index < -0.39 is 47.0 Å². The Kier molecular flexibility index (Phi) is 23.6. The van der Waals surface area contributed by atoms with Crippen LogP contribution in [0.15, 0.2) is 109 Å². The lowest BCUT2D eigenvalue weighted by Gasteiger charge is -2.35. The van der Waals surface area contributed by atoms with Crippen LogP contribution >= 0.6 is 46.4 Å². The molecule has 4 heterocycles. The Morgan fingerprint density at radius 3 is 1.69 bits per heavy atom. The van der Waals surface area contributed by atoms with Gasteiger partial charge in [-0.1, -0.05) is 94.9 Å². The Morgan fingerprint density at radius 1 is 0.655 bits per heavy atom. The summed E-state index contributed by atoms with van der Waals surface area (Å²) >= 11 is 24.3. The normalized spacial score (nSPS) is 15.1. The van der Waals surface area contributed by atoms with Gasteiger partial charge in [-0.25, -0.2) is 24.4 Å². The molecular weight excluding hydrogens is 1160 g/mol. The second-order valence-electron chi connectivity index (χ2n) is 22.3. The lowest BCUT2D eigenvalue weighted by molar-refractivity contribution is -0.157. The molecule has 0 saturated carbocycles. The molecule has 2 aliphatic heterocycles. The molecule has 2 unspecified atom stereocenters. The Bertz CT molecular complexity index is 3220. The third-order valence-electron chi connectivity index (χ3n) is 13.1. The van der Waals surface area contributed by atoms with E-state index >= 15 is 0 Å².